The summed E-state index contributed by atoms with van der Waals surface area (Å²) in [7, 11) is 1.43. The number of nitrogens with one attached hydrogen (secondary N) is 1. The van der Waals surface area contributed by atoms with Crippen LogP contribution in [0.1, 0.15) is 28.9 Å². The molecule has 0 saturated carbocycles. The Morgan fingerprint density at radius 3 is 2.49 bits per heavy atom. The van der Waals surface area contributed by atoms with Gasteiger partial charge in [-0.1, -0.05) is 0 Å². The van der Waals surface area contributed by atoms with E-state index in [0.717, 1.165) is 4.68 Å². The first kappa shape index (κ1) is 27.6. The number of nitrogens with zero attached hydrogens (tertiary/aromatic N) is 6. The fraction of sp³-hybridized carbons (Fsp3) is 0.421. The normalized spacial score (nSPS) is 17.5. The van der Waals surface area contributed by atoms with E-state index in [1.54, 1.807) is 6.07 Å². The molecule has 0 aliphatic carbocycles. The number of carbonyl (C=O) groups excluding carboxylic acids is 1. The third kappa shape index (κ3) is 6.43. The zero-order valence-corrected chi connectivity index (χ0v) is 18.8. The Hall–Kier alpha value is -3.96. The molecule has 202 valence electrons. The zero-order valence-electron chi connectivity index (χ0n) is 18.8. The summed E-state index contributed by atoms with van der Waals surface area (Å²) in [5.74, 6) is -6.70. The SMILES string of the molecule is Cn1cc(NC(=O)c2c(N3CC(N)CC(F)(F)C3)nn3cccnc23)c(C(F)F)n1.O=C(O)C(F)(F)F. The van der Waals surface area contributed by atoms with Gasteiger partial charge in [0.25, 0.3) is 18.3 Å². The highest BCUT2D eigenvalue weighted by Crippen LogP contribution is 2.33. The number of hydrogen-bond donors (Lipinski definition) is 3. The maximum Gasteiger partial charge on any atom is 0.490 e. The molecular formula is C19H19F7N8O3. The van der Waals surface area contributed by atoms with Gasteiger partial charge in [-0.2, -0.15) is 18.3 Å². The van der Waals surface area contributed by atoms with Crippen LogP contribution < -0.4 is 16.0 Å². The van der Waals surface area contributed by atoms with E-state index in [9.17, 15) is 35.5 Å². The summed E-state index contributed by atoms with van der Waals surface area (Å²) in [6.07, 6.45) is -4.35. The predicted octanol–water partition coefficient (Wildman–Crippen LogP) is 2.46. The number of nitrogens with two attached hydrogens (primary N) is 1. The van der Waals surface area contributed by atoms with E-state index < -0.39 is 55.1 Å². The monoisotopic (exact) mass is 540 g/mol. The maximum absolute atomic E-state index is 14.1. The quantitative estimate of drug-likeness (QED) is 0.429. The summed E-state index contributed by atoms with van der Waals surface area (Å²) < 4.78 is 88.8. The number of halogens is 7. The van der Waals surface area contributed by atoms with Crippen LogP contribution in [-0.2, 0) is 11.8 Å². The van der Waals surface area contributed by atoms with Crippen molar-refractivity contribution in [1.82, 2.24) is 24.4 Å². The summed E-state index contributed by atoms with van der Waals surface area (Å²) in [6.45, 7) is -0.630. The summed E-state index contributed by atoms with van der Waals surface area (Å²) in [5.41, 5.74) is 4.94. The molecule has 3 aromatic rings. The van der Waals surface area contributed by atoms with Crippen LogP contribution in [0.25, 0.3) is 5.65 Å². The molecule has 1 amide bonds. The van der Waals surface area contributed by atoms with Gasteiger partial charge in [-0.05, 0) is 6.07 Å². The van der Waals surface area contributed by atoms with Crippen molar-refractivity contribution in [1.29, 1.82) is 0 Å². The lowest BCUT2D eigenvalue weighted by Crippen LogP contribution is -2.53. The molecule has 4 N–H and O–H groups in total. The lowest BCUT2D eigenvalue weighted by Gasteiger charge is -2.36. The number of carbonyl (C=O) groups is 2. The molecule has 1 fully saturated rings. The summed E-state index contributed by atoms with van der Waals surface area (Å²) in [6, 6.07) is 0.726. The van der Waals surface area contributed by atoms with E-state index in [-0.39, 0.29) is 29.3 Å². The first-order chi connectivity index (χ1) is 17.1. The number of rotatable bonds is 4. The van der Waals surface area contributed by atoms with Crippen molar-refractivity contribution in [2.45, 2.75) is 31.0 Å². The van der Waals surface area contributed by atoms with Crippen molar-refractivity contribution in [3.63, 3.8) is 0 Å². The molecule has 11 nitrogen and oxygen atoms in total. The second-order valence-electron chi connectivity index (χ2n) is 7.95. The van der Waals surface area contributed by atoms with Gasteiger partial charge in [-0.25, -0.2) is 31.9 Å². The van der Waals surface area contributed by atoms with Crippen molar-refractivity contribution < 1.29 is 45.4 Å². The number of aryl methyl sites for hydroxylation is 1. The molecule has 1 aliphatic rings. The highest BCUT2D eigenvalue weighted by Gasteiger charge is 2.41. The molecule has 0 aromatic carbocycles. The number of anilines is 2. The van der Waals surface area contributed by atoms with Crippen LogP contribution in [0.15, 0.2) is 24.7 Å². The van der Waals surface area contributed by atoms with Crippen molar-refractivity contribution in [3.05, 3.63) is 35.9 Å². The Morgan fingerprint density at radius 2 is 1.92 bits per heavy atom. The minimum Gasteiger partial charge on any atom is -0.475 e. The number of fused-ring (bicyclic) bond motifs is 1. The lowest BCUT2D eigenvalue weighted by molar-refractivity contribution is -0.192. The minimum atomic E-state index is -5.08. The number of carboxylic acid groups (broad SMARTS) is 1. The molecule has 1 atom stereocenters. The third-order valence-corrected chi connectivity index (χ3v) is 4.90. The molecule has 3 aromatic heterocycles. The smallest absolute Gasteiger partial charge is 0.475 e. The summed E-state index contributed by atoms with van der Waals surface area (Å²) in [4.78, 5) is 27.3. The molecule has 0 spiro atoms. The topological polar surface area (TPSA) is 144 Å². The van der Waals surface area contributed by atoms with E-state index in [0.29, 0.717) is 0 Å². The third-order valence-electron chi connectivity index (χ3n) is 4.90. The molecule has 4 heterocycles. The standard InChI is InChI=1S/C17H18F4N8O.C2HF3O2/c1-27-7-10(12(25-27)13(18)19)24-16(30)11-14-23-3-2-4-29(14)26-15(11)28-6-9(22)5-17(20,21)8-28;3-2(4,5)1(6)7/h2-4,7,9,13H,5-6,8,22H2,1H3,(H,24,30);(H,6,7). The van der Waals surface area contributed by atoms with Crippen LogP contribution in [0.2, 0.25) is 0 Å². The van der Waals surface area contributed by atoms with Crippen molar-refractivity contribution in [2.75, 3.05) is 23.3 Å². The van der Waals surface area contributed by atoms with E-state index >= 15 is 0 Å². The van der Waals surface area contributed by atoms with Crippen LogP contribution in [0.5, 0.6) is 0 Å². The lowest BCUT2D eigenvalue weighted by atomic mass is 10.0. The first-order valence-corrected chi connectivity index (χ1v) is 10.2. The number of aromatic nitrogens is 5. The second-order valence-corrected chi connectivity index (χ2v) is 7.95. The Morgan fingerprint density at radius 1 is 1.27 bits per heavy atom. The van der Waals surface area contributed by atoms with Gasteiger partial charge < -0.3 is 21.1 Å². The first-order valence-electron chi connectivity index (χ1n) is 10.2. The van der Waals surface area contributed by atoms with Gasteiger partial charge in [-0.3, -0.25) is 9.48 Å². The molecule has 37 heavy (non-hydrogen) atoms. The highest BCUT2D eigenvalue weighted by atomic mass is 19.4. The van der Waals surface area contributed by atoms with E-state index in [1.165, 1.54) is 35.1 Å². The average Bonchev–Trinajstić information content (AvgIpc) is 3.32. The van der Waals surface area contributed by atoms with Crippen LogP contribution in [0.4, 0.5) is 42.2 Å². The second kappa shape index (κ2) is 10.2. The maximum atomic E-state index is 14.1. The minimum absolute atomic E-state index is 0.0505. The van der Waals surface area contributed by atoms with Crippen LogP contribution in [0, 0.1) is 0 Å². The molecule has 1 unspecified atom stereocenters. The van der Waals surface area contributed by atoms with Crippen LogP contribution in [0.3, 0.4) is 0 Å². The van der Waals surface area contributed by atoms with E-state index in [2.05, 4.69) is 20.5 Å². The van der Waals surface area contributed by atoms with Gasteiger partial charge in [0.2, 0.25) is 0 Å². The Balaban J connectivity index is 0.000000479. The van der Waals surface area contributed by atoms with E-state index in [4.69, 9.17) is 15.6 Å². The number of piperidine rings is 1. The number of alkyl halides is 7. The summed E-state index contributed by atoms with van der Waals surface area (Å²) >= 11 is 0. The van der Waals surface area contributed by atoms with Gasteiger partial charge in [0, 0.05) is 44.6 Å². The van der Waals surface area contributed by atoms with Gasteiger partial charge in [0.05, 0.1) is 12.2 Å². The van der Waals surface area contributed by atoms with Gasteiger partial charge in [-0.15, -0.1) is 5.10 Å². The van der Waals surface area contributed by atoms with Gasteiger partial charge in [0.15, 0.2) is 17.2 Å². The van der Waals surface area contributed by atoms with Gasteiger partial charge >= 0.3 is 12.1 Å². The van der Waals surface area contributed by atoms with Crippen molar-refractivity contribution in [3.8, 4) is 0 Å². The molecular weight excluding hydrogens is 521 g/mol. The Bertz CT molecular complexity index is 1290. The average molecular weight is 540 g/mol. The largest absolute Gasteiger partial charge is 0.490 e. The fourth-order valence-corrected chi connectivity index (χ4v) is 3.55. The van der Waals surface area contributed by atoms with E-state index in [1.807, 2.05) is 0 Å². The van der Waals surface area contributed by atoms with Gasteiger partial charge in [0.1, 0.15) is 5.56 Å². The Labute approximate surface area is 202 Å². The molecule has 4 rings (SSSR count). The molecule has 1 saturated heterocycles. The highest BCUT2D eigenvalue weighted by molar-refractivity contribution is 6.12. The molecule has 18 heteroatoms. The Kier molecular flexibility index (Phi) is 7.61. The van der Waals surface area contributed by atoms with Crippen molar-refractivity contribution in [2.24, 2.45) is 12.8 Å². The number of amides is 1. The van der Waals surface area contributed by atoms with Crippen molar-refractivity contribution >= 4 is 29.0 Å². The van der Waals surface area contributed by atoms with Crippen LogP contribution in [-0.4, -0.2) is 72.6 Å². The number of carboxylic acids is 1. The zero-order chi connectivity index (χ0) is 27.7. The number of hydrogen-bond acceptors (Lipinski definition) is 7. The molecule has 1 aliphatic heterocycles. The summed E-state index contributed by atoms with van der Waals surface area (Å²) in [5, 5.41) is 17.4. The molecule has 0 radical (unpaired) electrons. The molecule has 0 bridgehead atoms. The van der Waals surface area contributed by atoms with Crippen LogP contribution >= 0.6 is 0 Å². The number of aliphatic carboxylic acids is 1. The fourth-order valence-electron chi connectivity index (χ4n) is 3.55. The predicted molar refractivity (Wildman–Crippen MR) is 113 cm³/mol.